The fourth-order valence-corrected chi connectivity index (χ4v) is 1.73. The van der Waals surface area contributed by atoms with Gasteiger partial charge in [-0.25, -0.2) is 5.14 Å². The normalized spacial score (nSPS) is 12.6. The Morgan fingerprint density at radius 1 is 1.25 bits per heavy atom. The Balaban J connectivity index is 3.03. The summed E-state index contributed by atoms with van der Waals surface area (Å²) < 4.78 is 25.0. The summed E-state index contributed by atoms with van der Waals surface area (Å²) in [6.07, 6.45) is 0. The van der Waals surface area contributed by atoms with Crippen molar-refractivity contribution in [1.82, 2.24) is 0 Å². The molecule has 0 fully saturated rings. The quantitative estimate of drug-likeness (QED) is 0.794. The number of rotatable bonds is 3. The van der Waals surface area contributed by atoms with Crippen LogP contribution in [0.5, 0.6) is 0 Å². The van der Waals surface area contributed by atoms with Gasteiger partial charge < -0.3 is 4.90 Å². The average molecular weight is 241 g/mol. The first-order valence-electron chi connectivity index (χ1n) is 4.66. The summed E-state index contributed by atoms with van der Waals surface area (Å²) in [7, 11) is 0.0413. The number of nitrogens with two attached hydrogens (primary N) is 1. The smallest absolute Gasteiger partial charge is 0.317 e. The molecule has 0 saturated carbocycles. The highest BCUT2D eigenvalue weighted by Crippen LogP contribution is 2.13. The fraction of sp³-hybridized carbons (Fsp3) is 0.300. The van der Waals surface area contributed by atoms with E-state index in [0.717, 1.165) is 11.3 Å². The summed E-state index contributed by atoms with van der Waals surface area (Å²) in [5.74, 6) is 0. The number of benzene rings is 1. The molecular weight excluding hydrogens is 226 g/mol. The van der Waals surface area contributed by atoms with Crippen LogP contribution in [0.25, 0.3) is 0 Å². The molecule has 0 radical (unpaired) electrons. The van der Waals surface area contributed by atoms with Crippen LogP contribution >= 0.6 is 0 Å². The molecule has 6 heteroatoms. The molecule has 0 aliphatic carbocycles. The molecule has 0 aliphatic rings. The molecule has 1 aromatic rings. The van der Waals surface area contributed by atoms with Crippen molar-refractivity contribution in [3.63, 3.8) is 0 Å². The summed E-state index contributed by atoms with van der Waals surface area (Å²) in [4.78, 5) is 1.95. The Kier molecular flexibility index (Phi) is 3.66. The van der Waals surface area contributed by atoms with E-state index in [2.05, 4.69) is 4.40 Å². The molecule has 0 atom stereocenters. The summed E-state index contributed by atoms with van der Waals surface area (Å²) >= 11 is 0. The molecule has 0 amide bonds. The second-order valence-corrected chi connectivity index (χ2v) is 4.85. The molecule has 1 aromatic carbocycles. The van der Waals surface area contributed by atoms with Gasteiger partial charge in [0.25, 0.3) is 0 Å². The number of hydrogen-bond acceptors (Lipinski definition) is 3. The largest absolute Gasteiger partial charge is 0.378 e. The van der Waals surface area contributed by atoms with E-state index in [1.165, 1.54) is 0 Å². The van der Waals surface area contributed by atoms with E-state index >= 15 is 0 Å². The van der Waals surface area contributed by atoms with Crippen molar-refractivity contribution >= 4 is 21.6 Å². The van der Waals surface area contributed by atoms with Gasteiger partial charge in [-0.2, -0.15) is 12.8 Å². The molecule has 0 aliphatic heterocycles. The highest BCUT2D eigenvalue weighted by Gasteiger charge is 2.03. The van der Waals surface area contributed by atoms with Crippen molar-refractivity contribution < 1.29 is 8.42 Å². The Morgan fingerprint density at radius 3 is 2.12 bits per heavy atom. The van der Waals surface area contributed by atoms with Gasteiger partial charge in [-0.15, -0.1) is 0 Å². The maximum absolute atomic E-state index is 10.8. The maximum atomic E-state index is 10.8. The van der Waals surface area contributed by atoms with Gasteiger partial charge in [0.05, 0.1) is 5.71 Å². The minimum absolute atomic E-state index is 0.382. The van der Waals surface area contributed by atoms with Crippen LogP contribution in [-0.4, -0.2) is 28.2 Å². The van der Waals surface area contributed by atoms with Gasteiger partial charge in [0, 0.05) is 19.8 Å². The van der Waals surface area contributed by atoms with Crippen molar-refractivity contribution in [2.45, 2.75) is 6.92 Å². The van der Waals surface area contributed by atoms with Gasteiger partial charge in [-0.05, 0) is 24.6 Å². The first-order valence-corrected chi connectivity index (χ1v) is 6.17. The van der Waals surface area contributed by atoms with Gasteiger partial charge in [-0.3, -0.25) is 0 Å². The lowest BCUT2D eigenvalue weighted by Gasteiger charge is -2.12. The average Bonchev–Trinajstić information content (AvgIpc) is 2.15. The molecule has 0 heterocycles. The second-order valence-electron chi connectivity index (χ2n) is 3.63. The zero-order valence-corrected chi connectivity index (χ0v) is 10.3. The van der Waals surface area contributed by atoms with Crippen LogP contribution in [0.1, 0.15) is 12.5 Å². The highest BCUT2D eigenvalue weighted by atomic mass is 32.2. The van der Waals surface area contributed by atoms with Crippen LogP contribution in [-0.2, 0) is 10.2 Å². The van der Waals surface area contributed by atoms with Gasteiger partial charge >= 0.3 is 10.2 Å². The van der Waals surface area contributed by atoms with E-state index in [4.69, 9.17) is 5.14 Å². The molecule has 88 valence electrons. The predicted molar refractivity (Wildman–Crippen MR) is 66.1 cm³/mol. The molecule has 2 N–H and O–H groups in total. The third-order valence-corrected chi connectivity index (χ3v) is 2.59. The SMILES string of the molecule is CC(=NS(N)(=O)=O)c1ccc(N(C)C)cc1. The Morgan fingerprint density at radius 2 is 1.75 bits per heavy atom. The van der Waals surface area contributed by atoms with Gasteiger partial charge in [-0.1, -0.05) is 12.1 Å². The molecule has 0 bridgehead atoms. The zero-order valence-electron chi connectivity index (χ0n) is 9.51. The highest BCUT2D eigenvalue weighted by molar-refractivity contribution is 7.88. The third kappa shape index (κ3) is 3.63. The lowest BCUT2D eigenvalue weighted by molar-refractivity contribution is 0.599. The van der Waals surface area contributed by atoms with Crippen molar-refractivity contribution in [3.05, 3.63) is 29.8 Å². The number of nitrogens with zero attached hydrogens (tertiary/aromatic N) is 2. The van der Waals surface area contributed by atoms with Crippen LogP contribution in [0, 0.1) is 0 Å². The van der Waals surface area contributed by atoms with E-state index in [1.807, 2.05) is 31.1 Å². The predicted octanol–water partition coefficient (Wildman–Crippen LogP) is 0.765. The number of hydrogen-bond donors (Lipinski definition) is 1. The summed E-state index contributed by atoms with van der Waals surface area (Å²) in [6.45, 7) is 1.61. The molecule has 0 saturated heterocycles. The molecule has 0 spiro atoms. The lowest BCUT2D eigenvalue weighted by Crippen LogP contribution is -2.11. The monoisotopic (exact) mass is 241 g/mol. The summed E-state index contributed by atoms with van der Waals surface area (Å²) in [6, 6.07) is 7.38. The molecule has 5 nitrogen and oxygen atoms in total. The van der Waals surface area contributed by atoms with Crippen LogP contribution in [0.3, 0.4) is 0 Å². The molecule has 1 rings (SSSR count). The molecule has 0 unspecified atom stereocenters. The topological polar surface area (TPSA) is 75.8 Å². The minimum atomic E-state index is -3.82. The molecule has 16 heavy (non-hydrogen) atoms. The van der Waals surface area contributed by atoms with Crippen LogP contribution in [0.15, 0.2) is 28.7 Å². The zero-order chi connectivity index (χ0) is 12.3. The van der Waals surface area contributed by atoms with E-state index in [0.29, 0.717) is 5.71 Å². The van der Waals surface area contributed by atoms with Gasteiger partial charge in [0.15, 0.2) is 0 Å². The standard InChI is InChI=1S/C10H15N3O2S/c1-8(12-16(11,14)15)9-4-6-10(7-5-9)13(2)3/h4-7H,1-3H3,(H2,11,14,15). The molecular formula is C10H15N3O2S. The first-order chi connectivity index (χ1) is 7.29. The summed E-state index contributed by atoms with van der Waals surface area (Å²) in [5.41, 5.74) is 2.15. The molecule has 0 aromatic heterocycles. The minimum Gasteiger partial charge on any atom is -0.378 e. The van der Waals surface area contributed by atoms with Crippen molar-refractivity contribution in [3.8, 4) is 0 Å². The van der Waals surface area contributed by atoms with Crippen molar-refractivity contribution in [2.75, 3.05) is 19.0 Å². The Hall–Kier alpha value is -1.40. The summed E-state index contributed by atoms with van der Waals surface area (Å²) in [5, 5.41) is 4.83. The second kappa shape index (κ2) is 4.63. The van der Waals surface area contributed by atoms with E-state index in [9.17, 15) is 8.42 Å². The van der Waals surface area contributed by atoms with Gasteiger partial charge in [0.2, 0.25) is 0 Å². The van der Waals surface area contributed by atoms with Crippen molar-refractivity contribution in [1.29, 1.82) is 0 Å². The Bertz CT molecular complexity index is 489. The van der Waals surface area contributed by atoms with Crippen molar-refractivity contribution in [2.24, 2.45) is 9.54 Å². The Labute approximate surface area is 95.8 Å². The van der Waals surface area contributed by atoms with Crippen LogP contribution < -0.4 is 10.0 Å². The van der Waals surface area contributed by atoms with E-state index in [1.54, 1.807) is 19.1 Å². The van der Waals surface area contributed by atoms with E-state index in [-0.39, 0.29) is 0 Å². The third-order valence-electron chi connectivity index (χ3n) is 2.07. The van der Waals surface area contributed by atoms with E-state index < -0.39 is 10.2 Å². The lowest BCUT2D eigenvalue weighted by atomic mass is 10.1. The maximum Gasteiger partial charge on any atom is 0.317 e. The van der Waals surface area contributed by atoms with Gasteiger partial charge in [0.1, 0.15) is 0 Å². The first kappa shape index (κ1) is 12.7. The number of anilines is 1. The fourth-order valence-electron chi connectivity index (χ4n) is 1.24. The van der Waals surface area contributed by atoms with Crippen LogP contribution in [0.2, 0.25) is 0 Å². The van der Waals surface area contributed by atoms with Crippen LogP contribution in [0.4, 0.5) is 5.69 Å².